The molecule has 1 aromatic rings. The number of halogens is 1. The molecular weight excluding hydrogens is 300 g/mol. The highest BCUT2D eigenvalue weighted by Gasteiger charge is 2.17. The first kappa shape index (κ1) is 12.6. The van der Waals surface area contributed by atoms with E-state index in [1.165, 1.54) is 0 Å². The molecule has 0 unspecified atom stereocenters. The van der Waals surface area contributed by atoms with Gasteiger partial charge in [-0.05, 0) is 31.0 Å². The standard InChI is InChI=1S/C12H13BrN2OS/c13-10-5-9(8-14)6-12(7-10)15-11-1-3-17(16)4-2-11/h5-7,11,15H,1-4H2. The van der Waals surface area contributed by atoms with Crippen molar-refractivity contribution in [2.75, 3.05) is 16.8 Å². The van der Waals surface area contributed by atoms with Gasteiger partial charge in [0.1, 0.15) is 0 Å². The molecule has 1 heterocycles. The summed E-state index contributed by atoms with van der Waals surface area (Å²) in [6.07, 6.45) is 1.86. The first-order valence-corrected chi connectivity index (χ1v) is 7.77. The smallest absolute Gasteiger partial charge is 0.0992 e. The van der Waals surface area contributed by atoms with E-state index in [-0.39, 0.29) is 0 Å². The zero-order chi connectivity index (χ0) is 12.3. The molecule has 17 heavy (non-hydrogen) atoms. The van der Waals surface area contributed by atoms with Gasteiger partial charge in [0.25, 0.3) is 0 Å². The van der Waals surface area contributed by atoms with E-state index >= 15 is 0 Å². The van der Waals surface area contributed by atoms with Gasteiger partial charge in [0, 0.05) is 38.5 Å². The monoisotopic (exact) mass is 312 g/mol. The number of hydrogen-bond donors (Lipinski definition) is 1. The summed E-state index contributed by atoms with van der Waals surface area (Å²) in [6.45, 7) is 0. The average molecular weight is 313 g/mol. The van der Waals surface area contributed by atoms with Crippen molar-refractivity contribution in [1.29, 1.82) is 5.26 Å². The van der Waals surface area contributed by atoms with Gasteiger partial charge in [-0.3, -0.25) is 4.21 Å². The second-order valence-corrected chi connectivity index (χ2v) is 6.72. The minimum atomic E-state index is -0.631. The number of nitrogens with zero attached hydrogens (tertiary/aromatic N) is 1. The molecule has 0 aliphatic carbocycles. The number of benzene rings is 1. The van der Waals surface area contributed by atoms with E-state index in [2.05, 4.69) is 27.3 Å². The molecule has 0 atom stereocenters. The van der Waals surface area contributed by atoms with Gasteiger partial charge >= 0.3 is 0 Å². The number of hydrogen-bond acceptors (Lipinski definition) is 3. The highest BCUT2D eigenvalue weighted by molar-refractivity contribution is 9.10. The van der Waals surface area contributed by atoms with Crippen LogP contribution in [-0.4, -0.2) is 21.8 Å². The summed E-state index contributed by atoms with van der Waals surface area (Å²) in [5, 5.41) is 12.3. The molecular formula is C12H13BrN2OS. The first-order valence-electron chi connectivity index (χ1n) is 5.49. The fourth-order valence-corrected chi connectivity index (χ4v) is 3.70. The van der Waals surface area contributed by atoms with Gasteiger partial charge in [-0.2, -0.15) is 5.26 Å². The van der Waals surface area contributed by atoms with Crippen molar-refractivity contribution in [1.82, 2.24) is 0 Å². The Kier molecular flexibility index (Phi) is 4.19. The van der Waals surface area contributed by atoms with Crippen molar-refractivity contribution in [3.63, 3.8) is 0 Å². The largest absolute Gasteiger partial charge is 0.382 e. The predicted molar refractivity (Wildman–Crippen MR) is 73.4 cm³/mol. The van der Waals surface area contributed by atoms with Crippen LogP contribution in [0.5, 0.6) is 0 Å². The van der Waals surface area contributed by atoms with E-state index < -0.39 is 10.8 Å². The molecule has 1 saturated heterocycles. The maximum absolute atomic E-state index is 11.2. The summed E-state index contributed by atoms with van der Waals surface area (Å²) < 4.78 is 12.1. The second-order valence-electron chi connectivity index (χ2n) is 4.11. The molecule has 90 valence electrons. The lowest BCUT2D eigenvalue weighted by Crippen LogP contribution is -2.29. The lowest BCUT2D eigenvalue weighted by Gasteiger charge is -2.23. The Morgan fingerprint density at radius 3 is 2.71 bits per heavy atom. The van der Waals surface area contributed by atoms with Crippen LogP contribution in [0.4, 0.5) is 5.69 Å². The molecule has 0 aromatic heterocycles. The molecule has 0 saturated carbocycles. The van der Waals surface area contributed by atoms with Crippen molar-refractivity contribution in [3.05, 3.63) is 28.2 Å². The van der Waals surface area contributed by atoms with Crippen LogP contribution in [0, 0.1) is 11.3 Å². The fourth-order valence-electron chi connectivity index (χ4n) is 1.91. The van der Waals surface area contributed by atoms with Crippen molar-refractivity contribution >= 4 is 32.4 Å². The Morgan fingerprint density at radius 2 is 2.06 bits per heavy atom. The average Bonchev–Trinajstić information content (AvgIpc) is 2.31. The van der Waals surface area contributed by atoms with Crippen LogP contribution in [0.3, 0.4) is 0 Å². The lowest BCUT2D eigenvalue weighted by atomic mass is 10.1. The highest BCUT2D eigenvalue weighted by Crippen LogP contribution is 2.22. The molecule has 0 radical (unpaired) electrons. The summed E-state index contributed by atoms with van der Waals surface area (Å²) in [4.78, 5) is 0. The maximum Gasteiger partial charge on any atom is 0.0992 e. The Bertz CT molecular complexity index is 474. The van der Waals surface area contributed by atoms with Crippen LogP contribution in [-0.2, 0) is 10.8 Å². The van der Waals surface area contributed by atoms with E-state index in [9.17, 15) is 4.21 Å². The van der Waals surface area contributed by atoms with Gasteiger partial charge in [-0.1, -0.05) is 15.9 Å². The van der Waals surface area contributed by atoms with Gasteiger partial charge in [-0.15, -0.1) is 0 Å². The fraction of sp³-hybridized carbons (Fsp3) is 0.417. The zero-order valence-corrected chi connectivity index (χ0v) is 11.7. The number of rotatable bonds is 2. The van der Waals surface area contributed by atoms with Crippen LogP contribution in [0.2, 0.25) is 0 Å². The van der Waals surface area contributed by atoms with E-state index in [4.69, 9.17) is 5.26 Å². The zero-order valence-electron chi connectivity index (χ0n) is 9.28. The molecule has 1 aromatic carbocycles. The third kappa shape index (κ3) is 3.55. The van der Waals surface area contributed by atoms with Crippen LogP contribution < -0.4 is 5.32 Å². The predicted octanol–water partition coefficient (Wildman–Crippen LogP) is 2.64. The number of nitriles is 1. The quantitative estimate of drug-likeness (QED) is 0.913. The minimum absolute atomic E-state index is 0.369. The summed E-state index contributed by atoms with van der Waals surface area (Å²) in [7, 11) is -0.631. The van der Waals surface area contributed by atoms with Crippen molar-refractivity contribution in [3.8, 4) is 6.07 Å². The molecule has 1 N–H and O–H groups in total. The molecule has 2 rings (SSSR count). The Hall–Kier alpha value is -0.860. The molecule has 3 nitrogen and oxygen atoms in total. The Morgan fingerprint density at radius 1 is 1.35 bits per heavy atom. The van der Waals surface area contributed by atoms with Crippen LogP contribution in [0.25, 0.3) is 0 Å². The van der Waals surface area contributed by atoms with Crippen LogP contribution in [0.1, 0.15) is 18.4 Å². The van der Waals surface area contributed by atoms with Crippen molar-refractivity contribution in [2.24, 2.45) is 0 Å². The summed E-state index contributed by atoms with van der Waals surface area (Å²) >= 11 is 3.39. The van der Waals surface area contributed by atoms with E-state index in [1.54, 1.807) is 6.07 Å². The third-order valence-electron chi connectivity index (χ3n) is 2.79. The van der Waals surface area contributed by atoms with Crippen molar-refractivity contribution < 1.29 is 4.21 Å². The second kappa shape index (κ2) is 5.65. The Balaban J connectivity index is 2.06. The highest BCUT2D eigenvalue weighted by atomic mass is 79.9. The van der Waals surface area contributed by atoms with Crippen molar-refractivity contribution in [2.45, 2.75) is 18.9 Å². The normalized spacial score (nSPS) is 24.0. The molecule has 1 aliphatic rings. The molecule has 1 fully saturated rings. The molecule has 5 heteroatoms. The summed E-state index contributed by atoms with van der Waals surface area (Å²) in [5.74, 6) is 1.55. The van der Waals surface area contributed by atoms with Gasteiger partial charge in [-0.25, -0.2) is 0 Å². The number of anilines is 1. The van der Waals surface area contributed by atoms with Gasteiger partial charge < -0.3 is 5.32 Å². The number of nitrogens with one attached hydrogen (secondary N) is 1. The molecule has 0 bridgehead atoms. The van der Waals surface area contributed by atoms with Crippen LogP contribution in [0.15, 0.2) is 22.7 Å². The van der Waals surface area contributed by atoms with E-state index in [0.717, 1.165) is 34.5 Å². The molecule has 0 spiro atoms. The van der Waals surface area contributed by atoms with E-state index in [0.29, 0.717) is 11.6 Å². The third-order valence-corrected chi connectivity index (χ3v) is 4.63. The van der Waals surface area contributed by atoms with Gasteiger partial charge in [0.05, 0.1) is 11.6 Å². The molecule has 0 amide bonds. The first-order chi connectivity index (χ1) is 8.17. The minimum Gasteiger partial charge on any atom is -0.382 e. The lowest BCUT2D eigenvalue weighted by molar-refractivity contribution is 0.624. The van der Waals surface area contributed by atoms with E-state index in [1.807, 2.05) is 12.1 Å². The van der Waals surface area contributed by atoms with Crippen LogP contribution >= 0.6 is 15.9 Å². The maximum atomic E-state index is 11.2. The summed E-state index contributed by atoms with van der Waals surface area (Å²) in [5.41, 5.74) is 1.59. The van der Waals surface area contributed by atoms with Gasteiger partial charge in [0.2, 0.25) is 0 Å². The summed E-state index contributed by atoms with van der Waals surface area (Å²) in [6, 6.07) is 8.10. The molecule has 1 aliphatic heterocycles. The topological polar surface area (TPSA) is 52.9 Å². The Labute approximate surface area is 112 Å². The SMILES string of the molecule is N#Cc1cc(Br)cc(NC2CCS(=O)CC2)c1. The van der Waals surface area contributed by atoms with Gasteiger partial charge in [0.15, 0.2) is 0 Å².